The molecule has 2 fully saturated rings. The van der Waals surface area contributed by atoms with Gasteiger partial charge in [-0.15, -0.1) is 0 Å². The van der Waals surface area contributed by atoms with Gasteiger partial charge in [0, 0.05) is 12.6 Å². The van der Waals surface area contributed by atoms with E-state index in [2.05, 4.69) is 5.32 Å². The van der Waals surface area contributed by atoms with Crippen molar-refractivity contribution in [3.63, 3.8) is 0 Å². The van der Waals surface area contributed by atoms with Crippen LogP contribution in [0.5, 0.6) is 0 Å². The molecule has 2 atom stereocenters. The summed E-state index contributed by atoms with van der Waals surface area (Å²) in [5.74, 6) is -0.228. The molecule has 1 N–H and O–H groups in total. The number of amides is 1. The summed E-state index contributed by atoms with van der Waals surface area (Å²) >= 11 is 0. The molecular weight excluding hydrogens is 232 g/mol. The molecule has 2 unspecified atom stereocenters. The Morgan fingerprint density at radius 3 is 2.67 bits per heavy atom. The Hall–Kier alpha value is -1.10. The van der Waals surface area contributed by atoms with Gasteiger partial charge in [-0.2, -0.15) is 0 Å². The maximum absolute atomic E-state index is 12.1. The number of esters is 1. The monoisotopic (exact) mass is 254 g/mol. The molecule has 1 aliphatic carbocycles. The molecule has 0 radical (unpaired) electrons. The average molecular weight is 254 g/mol. The zero-order valence-corrected chi connectivity index (χ0v) is 10.9. The fourth-order valence-electron chi connectivity index (χ4n) is 2.85. The first kappa shape index (κ1) is 13.3. The summed E-state index contributed by atoms with van der Waals surface area (Å²) in [7, 11) is 1.89. The molecule has 2 aliphatic rings. The maximum Gasteiger partial charge on any atom is 0.329 e. The van der Waals surface area contributed by atoms with Crippen molar-refractivity contribution < 1.29 is 14.3 Å². The third kappa shape index (κ3) is 3.02. The van der Waals surface area contributed by atoms with Crippen molar-refractivity contribution in [3.05, 3.63) is 0 Å². The van der Waals surface area contributed by atoms with Crippen molar-refractivity contribution in [1.82, 2.24) is 10.2 Å². The van der Waals surface area contributed by atoms with Gasteiger partial charge in [0.1, 0.15) is 12.1 Å². The molecule has 1 heterocycles. The van der Waals surface area contributed by atoms with E-state index in [4.69, 9.17) is 4.74 Å². The summed E-state index contributed by atoms with van der Waals surface area (Å²) in [4.78, 5) is 24.7. The first-order valence-electron chi connectivity index (χ1n) is 6.83. The number of piperidine rings is 1. The third-order valence-corrected chi connectivity index (χ3v) is 4.04. The van der Waals surface area contributed by atoms with Gasteiger partial charge in [-0.3, -0.25) is 4.79 Å². The highest BCUT2D eigenvalue weighted by Crippen LogP contribution is 2.24. The number of rotatable bonds is 4. The van der Waals surface area contributed by atoms with Gasteiger partial charge in [0.15, 0.2) is 0 Å². The molecule has 1 aliphatic heterocycles. The van der Waals surface area contributed by atoms with Crippen LogP contribution in [0.1, 0.15) is 38.5 Å². The lowest BCUT2D eigenvalue weighted by atomic mass is 9.98. The number of nitrogens with one attached hydrogen (secondary N) is 1. The van der Waals surface area contributed by atoms with E-state index >= 15 is 0 Å². The summed E-state index contributed by atoms with van der Waals surface area (Å²) in [5.41, 5.74) is 0. The highest BCUT2D eigenvalue weighted by molar-refractivity contribution is 5.78. The largest absolute Gasteiger partial charge is 0.461 e. The number of hydrogen-bond acceptors (Lipinski definition) is 4. The van der Waals surface area contributed by atoms with Gasteiger partial charge < -0.3 is 15.0 Å². The lowest BCUT2D eigenvalue weighted by molar-refractivity contribution is -0.159. The van der Waals surface area contributed by atoms with Crippen LogP contribution >= 0.6 is 0 Å². The minimum atomic E-state index is -0.408. The van der Waals surface area contributed by atoms with Crippen molar-refractivity contribution in [3.8, 4) is 0 Å². The van der Waals surface area contributed by atoms with Gasteiger partial charge in [0.2, 0.25) is 6.41 Å². The van der Waals surface area contributed by atoms with Crippen molar-refractivity contribution in [1.29, 1.82) is 0 Å². The Bertz CT molecular complexity index is 303. The van der Waals surface area contributed by atoms with Gasteiger partial charge in [0.05, 0.1) is 0 Å². The first-order chi connectivity index (χ1) is 8.74. The lowest BCUT2D eigenvalue weighted by Gasteiger charge is -2.35. The zero-order valence-electron chi connectivity index (χ0n) is 10.9. The Labute approximate surface area is 108 Å². The molecule has 2 rings (SSSR count). The van der Waals surface area contributed by atoms with Crippen LogP contribution in [0.3, 0.4) is 0 Å². The summed E-state index contributed by atoms with van der Waals surface area (Å²) in [5, 5.41) is 3.18. The van der Waals surface area contributed by atoms with Crippen LogP contribution in [0.15, 0.2) is 0 Å². The molecule has 5 heteroatoms. The number of carbonyl (C=O) groups excluding carboxylic acids is 2. The summed E-state index contributed by atoms with van der Waals surface area (Å²) < 4.78 is 5.51. The normalized spacial score (nSPS) is 29.3. The standard InChI is InChI=1S/C13H22N2O3/c1-14-10-6-7-15(9-16)12(8-10)13(17)18-11-4-2-3-5-11/h9-12,14H,2-8H2,1H3. The van der Waals surface area contributed by atoms with E-state index in [9.17, 15) is 9.59 Å². The molecule has 0 spiro atoms. The molecule has 0 aromatic rings. The molecule has 102 valence electrons. The van der Waals surface area contributed by atoms with Gasteiger partial charge in [0.25, 0.3) is 0 Å². The van der Waals surface area contributed by atoms with Crippen molar-refractivity contribution in [2.24, 2.45) is 0 Å². The number of ether oxygens (including phenoxy) is 1. The smallest absolute Gasteiger partial charge is 0.329 e. The lowest BCUT2D eigenvalue weighted by Crippen LogP contribution is -2.51. The summed E-state index contributed by atoms with van der Waals surface area (Å²) in [6, 6.07) is -0.114. The van der Waals surface area contributed by atoms with Crippen molar-refractivity contribution in [2.75, 3.05) is 13.6 Å². The van der Waals surface area contributed by atoms with Crippen LogP contribution < -0.4 is 5.32 Å². The third-order valence-electron chi connectivity index (χ3n) is 4.04. The topological polar surface area (TPSA) is 58.6 Å². The summed E-state index contributed by atoms with van der Waals surface area (Å²) in [6.45, 7) is 0.624. The molecule has 1 saturated heterocycles. The van der Waals surface area contributed by atoms with E-state index in [1.807, 2.05) is 7.05 Å². The number of likely N-dealkylation sites (tertiary alicyclic amines) is 1. The van der Waals surface area contributed by atoms with E-state index in [1.54, 1.807) is 4.90 Å². The van der Waals surface area contributed by atoms with Crippen LogP contribution in [0.25, 0.3) is 0 Å². The highest BCUT2D eigenvalue weighted by atomic mass is 16.5. The Balaban J connectivity index is 1.93. The summed E-state index contributed by atoms with van der Waals surface area (Å²) in [6.07, 6.45) is 6.60. The van der Waals surface area contributed by atoms with Crippen LogP contribution in [0, 0.1) is 0 Å². The Kier molecular flexibility index (Phi) is 4.58. The molecule has 0 aromatic carbocycles. The van der Waals surface area contributed by atoms with Gasteiger partial charge in [-0.1, -0.05) is 0 Å². The first-order valence-corrected chi connectivity index (χ1v) is 6.83. The van der Waals surface area contributed by atoms with Crippen LogP contribution in [0.2, 0.25) is 0 Å². The second kappa shape index (κ2) is 6.18. The van der Waals surface area contributed by atoms with Gasteiger partial charge in [-0.25, -0.2) is 4.79 Å². The van der Waals surface area contributed by atoms with Gasteiger partial charge >= 0.3 is 5.97 Å². The molecule has 1 saturated carbocycles. The molecule has 0 aromatic heterocycles. The highest BCUT2D eigenvalue weighted by Gasteiger charge is 2.34. The zero-order chi connectivity index (χ0) is 13.0. The molecular formula is C13H22N2O3. The van der Waals surface area contributed by atoms with Crippen LogP contribution in [-0.4, -0.2) is 49.1 Å². The SMILES string of the molecule is CNC1CCN(C=O)C(C(=O)OC2CCCC2)C1. The number of carbonyl (C=O) groups is 2. The Morgan fingerprint density at radius 2 is 2.06 bits per heavy atom. The molecule has 1 amide bonds. The molecule has 5 nitrogen and oxygen atoms in total. The fourth-order valence-corrected chi connectivity index (χ4v) is 2.85. The van der Waals surface area contributed by atoms with Crippen LogP contribution in [-0.2, 0) is 14.3 Å². The fraction of sp³-hybridized carbons (Fsp3) is 0.846. The van der Waals surface area contributed by atoms with Gasteiger partial charge in [-0.05, 0) is 45.6 Å². The molecule has 18 heavy (non-hydrogen) atoms. The Morgan fingerprint density at radius 1 is 1.33 bits per heavy atom. The quantitative estimate of drug-likeness (QED) is 0.592. The predicted molar refractivity (Wildman–Crippen MR) is 67.0 cm³/mol. The number of nitrogens with zero attached hydrogens (tertiary/aromatic N) is 1. The second-order valence-electron chi connectivity index (χ2n) is 5.21. The van der Waals surface area contributed by atoms with E-state index < -0.39 is 6.04 Å². The maximum atomic E-state index is 12.1. The molecule has 0 bridgehead atoms. The number of hydrogen-bond donors (Lipinski definition) is 1. The second-order valence-corrected chi connectivity index (χ2v) is 5.21. The van der Waals surface area contributed by atoms with E-state index in [1.165, 1.54) is 0 Å². The predicted octanol–water partition coefficient (Wildman–Crippen LogP) is 0.681. The van der Waals surface area contributed by atoms with Crippen molar-refractivity contribution >= 4 is 12.4 Å². The van der Waals surface area contributed by atoms with Crippen molar-refractivity contribution in [2.45, 2.75) is 56.7 Å². The van der Waals surface area contributed by atoms with E-state index in [-0.39, 0.29) is 12.1 Å². The van der Waals surface area contributed by atoms with E-state index in [0.29, 0.717) is 19.0 Å². The minimum Gasteiger partial charge on any atom is -0.461 e. The average Bonchev–Trinajstić information content (AvgIpc) is 2.90. The van der Waals surface area contributed by atoms with Crippen LogP contribution in [0.4, 0.5) is 0 Å². The minimum absolute atomic E-state index is 0.0703. The van der Waals surface area contributed by atoms with E-state index in [0.717, 1.165) is 38.5 Å².